The summed E-state index contributed by atoms with van der Waals surface area (Å²) in [6.07, 6.45) is 7.02. The van der Waals surface area contributed by atoms with Crippen LogP contribution in [-0.2, 0) is 5.41 Å². The lowest BCUT2D eigenvalue weighted by atomic mass is 9.59. The highest BCUT2D eigenvalue weighted by Crippen LogP contribution is 2.52. The van der Waals surface area contributed by atoms with Crippen LogP contribution in [0.4, 0.5) is 0 Å². The van der Waals surface area contributed by atoms with Crippen molar-refractivity contribution in [1.82, 2.24) is 19.5 Å². The molecule has 0 bridgehead atoms. The van der Waals surface area contributed by atoms with E-state index in [1.165, 1.54) is 10.6 Å². The molecule has 6 aromatic rings. The Morgan fingerprint density at radius 3 is 1.79 bits per heavy atom. The number of aromatic nitrogens is 4. The van der Waals surface area contributed by atoms with Crippen LogP contribution in [0.2, 0.25) is 5.02 Å². The first-order valence-corrected chi connectivity index (χ1v) is 13.0. The van der Waals surface area contributed by atoms with E-state index in [4.69, 9.17) is 16.6 Å². The summed E-state index contributed by atoms with van der Waals surface area (Å²) in [4.78, 5) is 25.1. The standard InChI is InChI=1S/C33H25ClN4O/c34-28-17-19-31(39)38(22-28)30-18-16-24(20-36-30)32(29-21-35-23-37-29)33(25-10-4-1-5-11-25,26-12-6-2-7-13-26)27-14-8-3-9-15-27/h1-23,32H,(H,35,37). The van der Waals surface area contributed by atoms with Crippen LogP contribution in [0.1, 0.15) is 33.9 Å². The molecule has 5 nitrogen and oxygen atoms in total. The van der Waals surface area contributed by atoms with Crippen molar-refractivity contribution in [3.8, 4) is 5.82 Å². The molecular formula is C33H25ClN4O. The molecule has 6 heteroatoms. The van der Waals surface area contributed by atoms with Crippen molar-refractivity contribution in [1.29, 1.82) is 0 Å². The van der Waals surface area contributed by atoms with Crippen LogP contribution >= 0.6 is 11.6 Å². The summed E-state index contributed by atoms with van der Waals surface area (Å²) >= 11 is 6.18. The zero-order valence-electron chi connectivity index (χ0n) is 21.0. The fourth-order valence-electron chi connectivity index (χ4n) is 5.54. The van der Waals surface area contributed by atoms with Crippen molar-refractivity contribution in [3.63, 3.8) is 0 Å². The van der Waals surface area contributed by atoms with E-state index in [0.717, 1.165) is 27.9 Å². The Morgan fingerprint density at radius 2 is 1.31 bits per heavy atom. The molecule has 1 unspecified atom stereocenters. The number of rotatable bonds is 7. The van der Waals surface area contributed by atoms with Gasteiger partial charge in [0.15, 0.2) is 0 Å². The summed E-state index contributed by atoms with van der Waals surface area (Å²) in [7, 11) is 0. The molecule has 0 saturated carbocycles. The number of benzene rings is 3. The first kappa shape index (κ1) is 24.6. The van der Waals surface area contributed by atoms with Gasteiger partial charge in [-0.25, -0.2) is 9.97 Å². The lowest BCUT2D eigenvalue weighted by Crippen LogP contribution is -2.37. The van der Waals surface area contributed by atoms with Crippen LogP contribution < -0.4 is 5.56 Å². The average molecular weight is 529 g/mol. The van der Waals surface area contributed by atoms with E-state index in [1.54, 1.807) is 18.6 Å². The monoisotopic (exact) mass is 528 g/mol. The van der Waals surface area contributed by atoms with Crippen LogP contribution in [0.15, 0.2) is 145 Å². The molecule has 190 valence electrons. The fraction of sp³-hybridized carbons (Fsp3) is 0.0606. The van der Waals surface area contributed by atoms with Gasteiger partial charge in [0.1, 0.15) is 5.82 Å². The molecule has 1 atom stereocenters. The second kappa shape index (κ2) is 10.6. The van der Waals surface area contributed by atoms with Gasteiger partial charge >= 0.3 is 0 Å². The largest absolute Gasteiger partial charge is 0.348 e. The van der Waals surface area contributed by atoms with Gasteiger partial charge < -0.3 is 4.98 Å². The highest BCUT2D eigenvalue weighted by molar-refractivity contribution is 6.30. The van der Waals surface area contributed by atoms with Crippen molar-refractivity contribution in [2.24, 2.45) is 0 Å². The minimum absolute atomic E-state index is 0.197. The minimum Gasteiger partial charge on any atom is -0.348 e. The summed E-state index contributed by atoms with van der Waals surface area (Å²) in [5.41, 5.74) is 4.49. The van der Waals surface area contributed by atoms with Gasteiger partial charge in [-0.2, -0.15) is 0 Å². The van der Waals surface area contributed by atoms with Crippen molar-refractivity contribution in [2.45, 2.75) is 11.3 Å². The third kappa shape index (κ3) is 4.47. The molecule has 3 aromatic carbocycles. The van der Waals surface area contributed by atoms with Crippen LogP contribution in [0.25, 0.3) is 5.82 Å². The first-order valence-electron chi connectivity index (χ1n) is 12.7. The molecule has 3 aromatic heterocycles. The Bertz CT molecular complexity index is 1620. The zero-order chi connectivity index (χ0) is 26.7. The normalized spacial score (nSPS) is 12.2. The van der Waals surface area contributed by atoms with E-state index in [2.05, 4.69) is 82.8 Å². The number of pyridine rings is 2. The van der Waals surface area contributed by atoms with E-state index in [9.17, 15) is 4.79 Å². The lowest BCUT2D eigenvalue weighted by molar-refractivity contribution is 0.527. The molecular weight excluding hydrogens is 504 g/mol. The number of halogens is 1. The topological polar surface area (TPSA) is 63.6 Å². The SMILES string of the molecule is O=c1ccc(Cl)cn1-c1ccc(C(c2cnc[nH]2)C(c2ccccc2)(c2ccccc2)c2ccccc2)cn1. The smallest absolute Gasteiger partial charge is 0.256 e. The first-order chi connectivity index (χ1) is 19.2. The average Bonchev–Trinajstić information content (AvgIpc) is 3.53. The second-order valence-corrected chi connectivity index (χ2v) is 9.79. The maximum Gasteiger partial charge on any atom is 0.256 e. The molecule has 0 aliphatic heterocycles. The van der Waals surface area contributed by atoms with Crippen LogP contribution in [-0.4, -0.2) is 19.5 Å². The molecule has 0 aliphatic rings. The van der Waals surface area contributed by atoms with Crippen molar-refractivity contribution in [2.75, 3.05) is 0 Å². The molecule has 1 N–H and O–H groups in total. The van der Waals surface area contributed by atoms with Gasteiger partial charge in [-0.1, -0.05) is 109 Å². The van der Waals surface area contributed by atoms with Crippen LogP contribution in [0.3, 0.4) is 0 Å². The fourth-order valence-corrected chi connectivity index (χ4v) is 5.70. The van der Waals surface area contributed by atoms with Gasteiger partial charge in [-0.3, -0.25) is 9.36 Å². The minimum atomic E-state index is -0.633. The van der Waals surface area contributed by atoms with E-state index >= 15 is 0 Å². The van der Waals surface area contributed by atoms with Gasteiger partial charge in [-0.15, -0.1) is 0 Å². The van der Waals surface area contributed by atoms with E-state index < -0.39 is 5.41 Å². The molecule has 6 rings (SSSR count). The van der Waals surface area contributed by atoms with Gasteiger partial charge in [0.25, 0.3) is 5.56 Å². The van der Waals surface area contributed by atoms with E-state index in [-0.39, 0.29) is 11.5 Å². The van der Waals surface area contributed by atoms with Crippen molar-refractivity contribution >= 4 is 11.6 Å². The number of hydrogen-bond donors (Lipinski definition) is 1. The molecule has 0 aliphatic carbocycles. The van der Waals surface area contributed by atoms with Gasteiger partial charge in [0, 0.05) is 36.3 Å². The van der Waals surface area contributed by atoms with Crippen LogP contribution in [0, 0.1) is 0 Å². The van der Waals surface area contributed by atoms with E-state index in [1.807, 2.05) is 42.7 Å². The molecule has 39 heavy (non-hydrogen) atoms. The van der Waals surface area contributed by atoms with Crippen LogP contribution in [0.5, 0.6) is 0 Å². The maximum absolute atomic E-state index is 12.5. The predicted molar refractivity (Wildman–Crippen MR) is 154 cm³/mol. The highest BCUT2D eigenvalue weighted by Gasteiger charge is 2.46. The van der Waals surface area contributed by atoms with Gasteiger partial charge in [0.2, 0.25) is 0 Å². The molecule has 0 spiro atoms. The Hall–Kier alpha value is -4.74. The van der Waals surface area contributed by atoms with E-state index in [0.29, 0.717) is 10.8 Å². The number of nitrogens with one attached hydrogen (secondary N) is 1. The summed E-state index contributed by atoms with van der Waals surface area (Å²) in [5, 5.41) is 0.465. The summed E-state index contributed by atoms with van der Waals surface area (Å²) < 4.78 is 1.45. The predicted octanol–water partition coefficient (Wildman–Crippen LogP) is 6.78. The summed E-state index contributed by atoms with van der Waals surface area (Å²) in [6, 6.07) is 38.5. The summed E-state index contributed by atoms with van der Waals surface area (Å²) in [6.45, 7) is 0. The summed E-state index contributed by atoms with van der Waals surface area (Å²) in [5.74, 6) is 0.268. The Labute approximate surface area is 231 Å². The van der Waals surface area contributed by atoms with Crippen molar-refractivity contribution < 1.29 is 0 Å². The molecule has 3 heterocycles. The third-order valence-corrected chi connectivity index (χ3v) is 7.40. The number of H-pyrrole nitrogens is 1. The Balaban J connectivity index is 1.65. The third-order valence-electron chi connectivity index (χ3n) is 7.18. The maximum atomic E-state index is 12.5. The quantitative estimate of drug-likeness (QED) is 0.232. The molecule has 0 amide bonds. The highest BCUT2D eigenvalue weighted by atomic mass is 35.5. The Kier molecular flexibility index (Phi) is 6.66. The molecule has 0 saturated heterocycles. The number of aromatic amines is 1. The Morgan fingerprint density at radius 1 is 0.718 bits per heavy atom. The molecule has 0 radical (unpaired) electrons. The number of nitrogens with zero attached hydrogens (tertiary/aromatic N) is 3. The van der Waals surface area contributed by atoms with Crippen molar-refractivity contribution in [3.05, 3.63) is 184 Å². The second-order valence-electron chi connectivity index (χ2n) is 9.35. The van der Waals surface area contributed by atoms with Gasteiger partial charge in [0.05, 0.1) is 16.8 Å². The molecule has 0 fully saturated rings. The lowest BCUT2D eigenvalue weighted by Gasteiger charge is -2.42. The number of imidazole rings is 1. The van der Waals surface area contributed by atoms with Gasteiger partial charge in [-0.05, 0) is 34.4 Å². The zero-order valence-corrected chi connectivity index (χ0v) is 21.7. The number of hydrogen-bond acceptors (Lipinski definition) is 3.